The van der Waals surface area contributed by atoms with Crippen LogP contribution < -0.4 is 0 Å². The molecular weight excluding hydrogens is 265 g/mol. The van der Waals surface area contributed by atoms with Gasteiger partial charge in [0.25, 0.3) is 0 Å². The van der Waals surface area contributed by atoms with Crippen molar-refractivity contribution in [3.05, 3.63) is 53.3 Å². The molecule has 0 saturated heterocycles. The van der Waals surface area contributed by atoms with Gasteiger partial charge >= 0.3 is 0 Å². The number of thiophene rings is 1. The molecule has 0 aliphatic rings. The van der Waals surface area contributed by atoms with E-state index in [-0.39, 0.29) is 12.4 Å². The van der Waals surface area contributed by atoms with Gasteiger partial charge in [0, 0.05) is 0 Å². The average Bonchev–Trinajstić information content (AvgIpc) is 3.07. The van der Waals surface area contributed by atoms with Crippen molar-refractivity contribution in [1.82, 2.24) is 15.0 Å². The first-order valence-corrected chi connectivity index (χ1v) is 6.53. The standard InChI is InChI=1S/C13H10FN3OS/c14-9-3-5-10(6-4-9)17-13(11(8-18)15-16-17)12-2-1-7-19-12/h1-7,18H,8H2. The van der Waals surface area contributed by atoms with Gasteiger partial charge in [0.1, 0.15) is 17.2 Å². The zero-order chi connectivity index (χ0) is 13.2. The third kappa shape index (κ3) is 2.16. The van der Waals surface area contributed by atoms with E-state index in [2.05, 4.69) is 10.3 Å². The topological polar surface area (TPSA) is 50.9 Å². The van der Waals surface area contributed by atoms with Gasteiger partial charge in [-0.2, -0.15) is 0 Å². The highest BCUT2D eigenvalue weighted by Gasteiger charge is 2.16. The minimum atomic E-state index is -0.302. The molecule has 0 amide bonds. The minimum Gasteiger partial charge on any atom is -0.390 e. The summed E-state index contributed by atoms with van der Waals surface area (Å²) < 4.78 is 14.6. The second-order valence-corrected chi connectivity index (χ2v) is 4.86. The van der Waals surface area contributed by atoms with Crippen LogP contribution in [0.15, 0.2) is 41.8 Å². The second kappa shape index (κ2) is 4.91. The van der Waals surface area contributed by atoms with Crippen LogP contribution in [-0.4, -0.2) is 20.1 Å². The maximum atomic E-state index is 13.0. The van der Waals surface area contributed by atoms with Gasteiger partial charge in [-0.3, -0.25) is 0 Å². The molecule has 0 aliphatic heterocycles. The number of aromatic nitrogens is 3. The van der Waals surface area contributed by atoms with E-state index < -0.39 is 0 Å². The lowest BCUT2D eigenvalue weighted by Gasteiger charge is -2.05. The molecule has 96 valence electrons. The van der Waals surface area contributed by atoms with E-state index in [4.69, 9.17) is 0 Å². The number of aliphatic hydroxyl groups excluding tert-OH is 1. The smallest absolute Gasteiger partial charge is 0.123 e. The van der Waals surface area contributed by atoms with Crippen LogP contribution in [-0.2, 0) is 6.61 Å². The Labute approximate surface area is 112 Å². The van der Waals surface area contributed by atoms with Gasteiger partial charge in [-0.05, 0) is 35.7 Å². The second-order valence-electron chi connectivity index (χ2n) is 3.91. The van der Waals surface area contributed by atoms with E-state index in [0.717, 1.165) is 10.6 Å². The molecule has 4 nitrogen and oxygen atoms in total. The molecule has 0 spiro atoms. The molecule has 0 fully saturated rings. The van der Waals surface area contributed by atoms with Crippen LogP contribution in [0.1, 0.15) is 5.69 Å². The summed E-state index contributed by atoms with van der Waals surface area (Å²) in [5.41, 5.74) is 1.95. The van der Waals surface area contributed by atoms with Crippen LogP contribution in [0, 0.1) is 5.82 Å². The molecular formula is C13H10FN3OS. The summed E-state index contributed by atoms with van der Waals surface area (Å²) in [5, 5.41) is 19.3. The Bertz CT molecular complexity index is 676. The first-order chi connectivity index (χ1) is 9.29. The molecule has 0 unspecified atom stereocenters. The summed E-state index contributed by atoms with van der Waals surface area (Å²) in [6.07, 6.45) is 0. The summed E-state index contributed by atoms with van der Waals surface area (Å²) in [6.45, 7) is -0.186. The van der Waals surface area contributed by atoms with Gasteiger partial charge in [-0.15, -0.1) is 16.4 Å². The predicted octanol–water partition coefficient (Wildman–Crippen LogP) is 2.63. The largest absolute Gasteiger partial charge is 0.390 e. The van der Waals surface area contributed by atoms with Crippen molar-refractivity contribution in [3.8, 4) is 16.3 Å². The molecule has 0 atom stereocenters. The molecule has 0 radical (unpaired) electrons. The highest BCUT2D eigenvalue weighted by Crippen LogP contribution is 2.29. The van der Waals surface area contributed by atoms with E-state index in [9.17, 15) is 9.50 Å². The highest BCUT2D eigenvalue weighted by molar-refractivity contribution is 7.13. The van der Waals surface area contributed by atoms with Crippen molar-refractivity contribution in [3.63, 3.8) is 0 Å². The Morgan fingerprint density at radius 2 is 2.00 bits per heavy atom. The van der Waals surface area contributed by atoms with Gasteiger partial charge in [-0.1, -0.05) is 11.3 Å². The molecule has 2 aromatic heterocycles. The number of hydrogen-bond donors (Lipinski definition) is 1. The van der Waals surface area contributed by atoms with Gasteiger partial charge in [0.15, 0.2) is 0 Å². The first-order valence-electron chi connectivity index (χ1n) is 5.65. The van der Waals surface area contributed by atoms with E-state index in [1.54, 1.807) is 16.8 Å². The lowest BCUT2D eigenvalue weighted by atomic mass is 10.2. The van der Waals surface area contributed by atoms with Crippen molar-refractivity contribution in [1.29, 1.82) is 0 Å². The maximum absolute atomic E-state index is 13.0. The van der Waals surface area contributed by atoms with E-state index in [1.165, 1.54) is 23.5 Å². The summed E-state index contributed by atoms with van der Waals surface area (Å²) in [6, 6.07) is 9.85. The molecule has 2 heterocycles. The number of hydrogen-bond acceptors (Lipinski definition) is 4. The van der Waals surface area contributed by atoms with Crippen LogP contribution in [0.5, 0.6) is 0 Å². The Kier molecular flexibility index (Phi) is 3.10. The van der Waals surface area contributed by atoms with Crippen LogP contribution >= 0.6 is 11.3 Å². The van der Waals surface area contributed by atoms with Gasteiger partial charge < -0.3 is 5.11 Å². The maximum Gasteiger partial charge on any atom is 0.123 e. The fourth-order valence-corrected chi connectivity index (χ4v) is 2.62. The molecule has 6 heteroatoms. The van der Waals surface area contributed by atoms with Crippen molar-refractivity contribution in [2.24, 2.45) is 0 Å². The fraction of sp³-hybridized carbons (Fsp3) is 0.0769. The van der Waals surface area contributed by atoms with Crippen molar-refractivity contribution in [2.75, 3.05) is 0 Å². The number of aliphatic hydroxyl groups is 1. The third-order valence-electron chi connectivity index (χ3n) is 2.72. The Balaban J connectivity index is 2.17. The van der Waals surface area contributed by atoms with Crippen LogP contribution in [0.3, 0.4) is 0 Å². The van der Waals surface area contributed by atoms with Crippen molar-refractivity contribution < 1.29 is 9.50 Å². The first kappa shape index (κ1) is 12.0. The zero-order valence-corrected chi connectivity index (χ0v) is 10.6. The number of benzene rings is 1. The highest BCUT2D eigenvalue weighted by atomic mass is 32.1. The molecule has 19 heavy (non-hydrogen) atoms. The Morgan fingerprint density at radius 1 is 1.21 bits per heavy atom. The van der Waals surface area contributed by atoms with Crippen LogP contribution in [0.4, 0.5) is 4.39 Å². The van der Waals surface area contributed by atoms with E-state index in [1.807, 2.05) is 17.5 Å². The van der Waals surface area contributed by atoms with Crippen LogP contribution in [0.25, 0.3) is 16.3 Å². The summed E-state index contributed by atoms with van der Waals surface area (Å²) in [7, 11) is 0. The minimum absolute atomic E-state index is 0.186. The summed E-state index contributed by atoms with van der Waals surface area (Å²) >= 11 is 1.54. The molecule has 1 aromatic carbocycles. The van der Waals surface area contributed by atoms with Gasteiger partial charge in [0.2, 0.25) is 0 Å². The monoisotopic (exact) mass is 275 g/mol. The zero-order valence-electron chi connectivity index (χ0n) is 9.82. The lowest BCUT2D eigenvalue weighted by Crippen LogP contribution is -1.99. The van der Waals surface area contributed by atoms with E-state index in [0.29, 0.717) is 11.4 Å². The number of rotatable bonds is 3. The Morgan fingerprint density at radius 3 is 2.63 bits per heavy atom. The molecule has 1 N–H and O–H groups in total. The van der Waals surface area contributed by atoms with Gasteiger partial charge in [-0.25, -0.2) is 9.07 Å². The van der Waals surface area contributed by atoms with Crippen molar-refractivity contribution in [2.45, 2.75) is 6.61 Å². The molecule has 3 aromatic rings. The molecule has 0 aliphatic carbocycles. The SMILES string of the molecule is OCc1nnn(-c2ccc(F)cc2)c1-c1cccs1. The van der Waals surface area contributed by atoms with Crippen molar-refractivity contribution >= 4 is 11.3 Å². The van der Waals surface area contributed by atoms with Gasteiger partial charge in [0.05, 0.1) is 17.2 Å². The number of halogens is 1. The molecule has 0 bridgehead atoms. The van der Waals surface area contributed by atoms with Crippen LogP contribution in [0.2, 0.25) is 0 Å². The normalized spacial score (nSPS) is 10.8. The molecule has 3 rings (SSSR count). The fourth-order valence-electron chi connectivity index (χ4n) is 1.84. The summed E-state index contributed by atoms with van der Waals surface area (Å²) in [5.74, 6) is -0.302. The predicted molar refractivity (Wildman–Crippen MR) is 70.6 cm³/mol. The average molecular weight is 275 g/mol. The van der Waals surface area contributed by atoms with E-state index >= 15 is 0 Å². The number of nitrogens with zero attached hydrogens (tertiary/aromatic N) is 3. The summed E-state index contributed by atoms with van der Waals surface area (Å²) in [4.78, 5) is 0.957. The Hall–Kier alpha value is -2.05. The molecule has 0 saturated carbocycles. The lowest BCUT2D eigenvalue weighted by molar-refractivity contribution is 0.277. The quantitative estimate of drug-likeness (QED) is 0.799. The third-order valence-corrected chi connectivity index (χ3v) is 3.59.